The number of Topliss-reactive ketones (excluding diaryl/α,β-unsaturated/α-hetero) is 1. The fourth-order valence-electron chi connectivity index (χ4n) is 3.06. The largest absolute Gasteiger partial charge is 0.453 e. The van der Waals surface area contributed by atoms with Gasteiger partial charge in [-0.2, -0.15) is 18.2 Å². The molecular weight excluding hydrogens is 357 g/mol. The Bertz CT molecular complexity index is 999. The Hall–Kier alpha value is -2.48. The van der Waals surface area contributed by atoms with Crippen molar-refractivity contribution in [3.8, 4) is 0 Å². The van der Waals surface area contributed by atoms with Gasteiger partial charge in [-0.1, -0.05) is 23.7 Å². The molecule has 3 aromatic rings. The molecule has 0 saturated carbocycles. The maximum absolute atomic E-state index is 12.9. The Morgan fingerprint density at radius 3 is 2.76 bits per heavy atom. The molecule has 0 N–H and O–H groups in total. The molecule has 2 heterocycles. The van der Waals surface area contributed by atoms with Gasteiger partial charge >= 0.3 is 6.18 Å². The van der Waals surface area contributed by atoms with E-state index in [0.717, 1.165) is 10.1 Å². The van der Waals surface area contributed by atoms with Crippen LogP contribution in [0.15, 0.2) is 30.5 Å². The number of halogens is 4. The Balaban J connectivity index is 1.83. The lowest BCUT2D eigenvalue weighted by Crippen LogP contribution is -2.22. The van der Waals surface area contributed by atoms with Gasteiger partial charge in [-0.05, 0) is 30.0 Å². The minimum Gasteiger partial charge on any atom is -0.294 e. The number of nitrogens with zero attached hydrogens (tertiary/aromatic N) is 4. The molecule has 2 aromatic heterocycles. The van der Waals surface area contributed by atoms with Crippen LogP contribution in [0.3, 0.4) is 0 Å². The quantitative estimate of drug-likeness (QED) is 0.658. The van der Waals surface area contributed by atoms with Crippen LogP contribution >= 0.6 is 11.6 Å². The zero-order chi connectivity index (χ0) is 17.8. The van der Waals surface area contributed by atoms with E-state index in [1.54, 1.807) is 18.2 Å². The molecule has 9 heteroatoms. The highest BCUT2D eigenvalue weighted by molar-refractivity contribution is 6.30. The van der Waals surface area contributed by atoms with Gasteiger partial charge in [0.1, 0.15) is 0 Å². The Labute approximate surface area is 144 Å². The fourth-order valence-corrected chi connectivity index (χ4v) is 3.26. The first kappa shape index (κ1) is 16.0. The minimum atomic E-state index is -4.67. The average molecular weight is 367 g/mol. The van der Waals surface area contributed by atoms with Crippen LogP contribution in [-0.4, -0.2) is 25.4 Å². The summed E-state index contributed by atoms with van der Waals surface area (Å²) in [6.07, 6.45) is -2.82. The van der Waals surface area contributed by atoms with Crippen LogP contribution in [0, 0.1) is 0 Å². The highest BCUT2D eigenvalue weighted by atomic mass is 35.5. The molecule has 0 amide bonds. The molecule has 0 aliphatic heterocycles. The standard InChI is InChI=1S/C16H10ClF3N4O/c17-10-3-1-2-8(4-10)9-5-12-11(13(25)6-9)7-21-15-22-14(16(18,19)20)23-24(12)15/h1-4,7,9H,5-6H2. The van der Waals surface area contributed by atoms with Crippen molar-refractivity contribution in [2.45, 2.75) is 24.9 Å². The second-order valence-electron chi connectivity index (χ2n) is 5.85. The van der Waals surface area contributed by atoms with Crippen LogP contribution in [-0.2, 0) is 12.6 Å². The number of fused-ring (bicyclic) bond motifs is 3. The molecule has 1 aliphatic rings. The fraction of sp³-hybridized carbons (Fsp3) is 0.250. The lowest BCUT2D eigenvalue weighted by atomic mass is 9.82. The minimum absolute atomic E-state index is 0.175. The molecule has 0 fully saturated rings. The van der Waals surface area contributed by atoms with E-state index in [1.807, 2.05) is 6.07 Å². The number of hydrogen-bond acceptors (Lipinski definition) is 4. The van der Waals surface area contributed by atoms with Crippen LogP contribution < -0.4 is 0 Å². The van der Waals surface area contributed by atoms with E-state index in [1.165, 1.54) is 6.20 Å². The SMILES string of the molecule is O=C1CC(c2cccc(Cl)c2)Cc2c1cnc1nc(C(F)(F)F)nn21. The summed E-state index contributed by atoms with van der Waals surface area (Å²) < 4.78 is 39.6. The summed E-state index contributed by atoms with van der Waals surface area (Å²) in [5, 5.41) is 4.05. The van der Waals surface area contributed by atoms with Crippen molar-refractivity contribution in [3.63, 3.8) is 0 Å². The van der Waals surface area contributed by atoms with Crippen molar-refractivity contribution in [2.75, 3.05) is 0 Å². The van der Waals surface area contributed by atoms with Crippen molar-refractivity contribution in [1.29, 1.82) is 0 Å². The molecule has 128 valence electrons. The van der Waals surface area contributed by atoms with Crippen LogP contribution in [0.5, 0.6) is 0 Å². The predicted molar refractivity (Wildman–Crippen MR) is 82.6 cm³/mol. The number of hydrogen-bond donors (Lipinski definition) is 0. The zero-order valence-corrected chi connectivity index (χ0v) is 13.3. The maximum Gasteiger partial charge on any atom is 0.453 e. The van der Waals surface area contributed by atoms with Gasteiger partial charge < -0.3 is 0 Å². The molecule has 0 spiro atoms. The topological polar surface area (TPSA) is 60.2 Å². The van der Waals surface area contributed by atoms with Crippen molar-refractivity contribution < 1.29 is 18.0 Å². The summed E-state index contributed by atoms with van der Waals surface area (Å²) in [6.45, 7) is 0. The smallest absolute Gasteiger partial charge is 0.294 e. The van der Waals surface area contributed by atoms with E-state index in [4.69, 9.17) is 11.6 Å². The Morgan fingerprint density at radius 1 is 1.24 bits per heavy atom. The molecule has 0 radical (unpaired) electrons. The van der Waals surface area contributed by atoms with Gasteiger partial charge in [-0.25, -0.2) is 9.50 Å². The molecule has 1 aliphatic carbocycles. The van der Waals surface area contributed by atoms with Crippen LogP contribution in [0.25, 0.3) is 5.78 Å². The first-order chi connectivity index (χ1) is 11.8. The van der Waals surface area contributed by atoms with E-state index in [2.05, 4.69) is 15.1 Å². The van der Waals surface area contributed by atoms with E-state index in [0.29, 0.717) is 17.1 Å². The molecule has 5 nitrogen and oxygen atoms in total. The first-order valence-corrected chi connectivity index (χ1v) is 7.81. The van der Waals surface area contributed by atoms with Crippen LogP contribution in [0.2, 0.25) is 5.02 Å². The van der Waals surface area contributed by atoms with Crippen molar-refractivity contribution in [3.05, 3.63) is 58.1 Å². The average Bonchev–Trinajstić information content (AvgIpc) is 2.99. The summed E-state index contributed by atoms with van der Waals surface area (Å²) >= 11 is 6.00. The number of carbonyl (C=O) groups excluding carboxylic acids is 1. The zero-order valence-electron chi connectivity index (χ0n) is 12.6. The van der Waals surface area contributed by atoms with E-state index in [-0.39, 0.29) is 29.5 Å². The maximum atomic E-state index is 12.9. The predicted octanol–water partition coefficient (Wildman–Crippen LogP) is 3.71. The second kappa shape index (κ2) is 5.52. The van der Waals surface area contributed by atoms with Gasteiger partial charge in [-0.3, -0.25) is 4.79 Å². The number of ketones is 1. The van der Waals surface area contributed by atoms with Gasteiger partial charge in [0.05, 0.1) is 11.3 Å². The normalized spacial score (nSPS) is 17.8. The van der Waals surface area contributed by atoms with Crippen molar-refractivity contribution in [1.82, 2.24) is 19.6 Å². The monoisotopic (exact) mass is 366 g/mol. The summed E-state index contributed by atoms with van der Waals surface area (Å²) in [5.74, 6) is -1.83. The van der Waals surface area contributed by atoms with Gasteiger partial charge in [0, 0.05) is 17.6 Å². The first-order valence-electron chi connectivity index (χ1n) is 7.43. The summed E-state index contributed by atoms with van der Waals surface area (Å²) in [6, 6.07) is 7.09. The highest BCUT2D eigenvalue weighted by Crippen LogP contribution is 2.34. The summed E-state index contributed by atoms with van der Waals surface area (Å²) in [4.78, 5) is 19.7. The third-order valence-electron chi connectivity index (χ3n) is 4.21. The molecule has 1 aromatic carbocycles. The number of rotatable bonds is 1. The molecule has 0 bridgehead atoms. The number of aromatic nitrogens is 4. The summed E-state index contributed by atoms with van der Waals surface area (Å²) in [5.41, 5.74) is 1.52. The van der Waals surface area contributed by atoms with E-state index < -0.39 is 12.0 Å². The Kier molecular flexibility index (Phi) is 3.54. The molecule has 4 rings (SSSR count). The van der Waals surface area contributed by atoms with Gasteiger partial charge in [-0.15, -0.1) is 5.10 Å². The molecule has 0 saturated heterocycles. The van der Waals surface area contributed by atoms with Crippen LogP contribution in [0.1, 0.15) is 39.8 Å². The van der Waals surface area contributed by atoms with E-state index in [9.17, 15) is 18.0 Å². The number of carbonyl (C=O) groups is 1. The number of alkyl halides is 3. The second-order valence-corrected chi connectivity index (χ2v) is 6.28. The van der Waals surface area contributed by atoms with E-state index >= 15 is 0 Å². The highest BCUT2D eigenvalue weighted by Gasteiger charge is 2.38. The van der Waals surface area contributed by atoms with Gasteiger partial charge in [0.25, 0.3) is 11.6 Å². The molecule has 1 atom stereocenters. The van der Waals surface area contributed by atoms with Gasteiger partial charge in [0.15, 0.2) is 5.78 Å². The third kappa shape index (κ3) is 2.76. The lowest BCUT2D eigenvalue weighted by molar-refractivity contribution is -0.144. The molecule has 25 heavy (non-hydrogen) atoms. The van der Waals surface area contributed by atoms with Crippen molar-refractivity contribution >= 4 is 23.2 Å². The van der Waals surface area contributed by atoms with Gasteiger partial charge in [0.2, 0.25) is 0 Å². The third-order valence-corrected chi connectivity index (χ3v) is 4.45. The molecular formula is C16H10ClF3N4O. The Morgan fingerprint density at radius 2 is 2.04 bits per heavy atom. The molecule has 1 unspecified atom stereocenters. The number of benzene rings is 1. The van der Waals surface area contributed by atoms with Crippen LogP contribution in [0.4, 0.5) is 13.2 Å². The van der Waals surface area contributed by atoms with Crippen molar-refractivity contribution in [2.24, 2.45) is 0 Å². The summed E-state index contributed by atoms with van der Waals surface area (Å²) in [7, 11) is 0. The lowest BCUT2D eigenvalue weighted by Gasteiger charge is -2.24.